The van der Waals surface area contributed by atoms with Crippen LogP contribution in [0.2, 0.25) is 5.02 Å². The van der Waals surface area contributed by atoms with Gasteiger partial charge in [-0.2, -0.15) is 0 Å². The van der Waals surface area contributed by atoms with E-state index in [0.29, 0.717) is 17.0 Å². The third-order valence-electron chi connectivity index (χ3n) is 3.68. The van der Waals surface area contributed by atoms with Gasteiger partial charge in [0.05, 0.1) is 0 Å². The molecule has 0 aliphatic rings. The largest absolute Gasteiger partial charge is 0.310 e. The molecule has 0 aliphatic heterocycles. The highest BCUT2D eigenvalue weighted by atomic mass is 35.5. The summed E-state index contributed by atoms with van der Waals surface area (Å²) >= 11 is 6.15. The first-order valence-electron chi connectivity index (χ1n) is 7.40. The van der Waals surface area contributed by atoms with Crippen LogP contribution in [0, 0.1) is 5.82 Å². The Balaban J connectivity index is 2.30. The third kappa shape index (κ3) is 4.05. The maximum atomic E-state index is 14.0. The molecule has 1 N–H and O–H groups in total. The summed E-state index contributed by atoms with van der Waals surface area (Å²) in [5.74, 6) is -0.239. The molecular formula is C18H21ClFN. The highest BCUT2D eigenvalue weighted by molar-refractivity contribution is 6.31. The van der Waals surface area contributed by atoms with E-state index in [1.807, 2.05) is 0 Å². The molecule has 0 spiro atoms. The summed E-state index contributed by atoms with van der Waals surface area (Å²) in [4.78, 5) is 0. The Kier molecular flexibility index (Phi) is 5.77. The fourth-order valence-electron chi connectivity index (χ4n) is 2.52. The minimum Gasteiger partial charge on any atom is -0.310 e. The Hall–Kier alpha value is -1.38. The van der Waals surface area contributed by atoms with E-state index in [0.717, 1.165) is 13.0 Å². The van der Waals surface area contributed by atoms with Gasteiger partial charge in [-0.3, -0.25) is 0 Å². The molecule has 2 rings (SSSR count). The first kappa shape index (κ1) is 16.0. The normalized spacial score (nSPS) is 12.4. The Morgan fingerprint density at radius 1 is 1.14 bits per heavy atom. The number of halogens is 2. The van der Waals surface area contributed by atoms with Crippen LogP contribution in [0.4, 0.5) is 4.39 Å². The molecule has 1 atom stereocenters. The lowest BCUT2D eigenvalue weighted by Gasteiger charge is -2.20. The van der Waals surface area contributed by atoms with E-state index in [1.165, 1.54) is 17.2 Å². The lowest BCUT2D eigenvalue weighted by atomic mass is 9.96. The van der Waals surface area contributed by atoms with Gasteiger partial charge in [-0.15, -0.1) is 0 Å². The number of benzene rings is 2. The van der Waals surface area contributed by atoms with Crippen molar-refractivity contribution in [2.24, 2.45) is 0 Å². The van der Waals surface area contributed by atoms with Crippen molar-refractivity contribution in [2.75, 3.05) is 6.54 Å². The van der Waals surface area contributed by atoms with E-state index in [2.05, 4.69) is 43.4 Å². The summed E-state index contributed by atoms with van der Waals surface area (Å²) in [6.45, 7) is 5.02. The van der Waals surface area contributed by atoms with Gasteiger partial charge in [0.15, 0.2) is 0 Å². The summed E-state index contributed by atoms with van der Waals surface area (Å²) in [6.07, 6.45) is 1.54. The molecule has 0 aliphatic carbocycles. The lowest BCUT2D eigenvalue weighted by molar-refractivity contribution is 0.528. The summed E-state index contributed by atoms with van der Waals surface area (Å²) in [5.41, 5.74) is 3.04. The number of aryl methyl sites for hydroxylation is 1. The van der Waals surface area contributed by atoms with Gasteiger partial charge < -0.3 is 5.32 Å². The van der Waals surface area contributed by atoms with Crippen LogP contribution in [0.15, 0.2) is 42.5 Å². The topological polar surface area (TPSA) is 12.0 Å². The average Bonchev–Trinajstić information content (AvgIpc) is 2.50. The number of hydrogen-bond acceptors (Lipinski definition) is 1. The fourth-order valence-corrected chi connectivity index (χ4v) is 2.76. The van der Waals surface area contributed by atoms with Crippen molar-refractivity contribution in [1.29, 1.82) is 0 Å². The Morgan fingerprint density at radius 3 is 2.57 bits per heavy atom. The molecule has 2 aromatic carbocycles. The van der Waals surface area contributed by atoms with Crippen molar-refractivity contribution in [1.82, 2.24) is 5.32 Å². The molecule has 0 amide bonds. The van der Waals surface area contributed by atoms with Crippen LogP contribution in [0.5, 0.6) is 0 Å². The number of likely N-dealkylation sites (N-methyl/N-ethyl adjacent to an activating group) is 1. The van der Waals surface area contributed by atoms with Crippen LogP contribution in [0.1, 0.15) is 36.6 Å². The van der Waals surface area contributed by atoms with Gasteiger partial charge in [-0.05, 0) is 42.6 Å². The summed E-state index contributed by atoms with van der Waals surface area (Å²) < 4.78 is 14.0. The Bertz CT molecular complexity index is 577. The molecule has 0 heterocycles. The zero-order valence-corrected chi connectivity index (χ0v) is 13.3. The van der Waals surface area contributed by atoms with Crippen LogP contribution in [-0.2, 0) is 12.8 Å². The second-order valence-electron chi connectivity index (χ2n) is 5.11. The Labute approximate surface area is 131 Å². The van der Waals surface area contributed by atoms with E-state index in [-0.39, 0.29) is 11.9 Å². The lowest BCUT2D eigenvalue weighted by Crippen LogP contribution is -2.23. The van der Waals surface area contributed by atoms with Crippen LogP contribution < -0.4 is 5.32 Å². The van der Waals surface area contributed by atoms with Crippen LogP contribution in [-0.4, -0.2) is 6.54 Å². The first-order chi connectivity index (χ1) is 10.2. The molecule has 0 fully saturated rings. The zero-order chi connectivity index (χ0) is 15.2. The van der Waals surface area contributed by atoms with Crippen molar-refractivity contribution in [3.63, 3.8) is 0 Å². The van der Waals surface area contributed by atoms with E-state index < -0.39 is 0 Å². The quantitative estimate of drug-likeness (QED) is 0.797. The van der Waals surface area contributed by atoms with Gasteiger partial charge in [0.1, 0.15) is 5.82 Å². The minimum absolute atomic E-state index is 0.0656. The average molecular weight is 306 g/mol. The summed E-state index contributed by atoms with van der Waals surface area (Å²) in [6, 6.07) is 13.3. The predicted octanol–water partition coefficient (Wildman–Crippen LogP) is 4.93. The van der Waals surface area contributed by atoms with Gasteiger partial charge in [-0.25, -0.2) is 4.39 Å². The van der Waals surface area contributed by atoms with Gasteiger partial charge in [0, 0.05) is 16.6 Å². The van der Waals surface area contributed by atoms with E-state index in [1.54, 1.807) is 12.1 Å². The molecule has 0 saturated heterocycles. The van der Waals surface area contributed by atoms with Crippen LogP contribution in [0.25, 0.3) is 0 Å². The predicted molar refractivity (Wildman–Crippen MR) is 87.4 cm³/mol. The van der Waals surface area contributed by atoms with Gasteiger partial charge >= 0.3 is 0 Å². The van der Waals surface area contributed by atoms with Gasteiger partial charge in [0.2, 0.25) is 0 Å². The molecule has 0 radical (unpaired) electrons. The molecule has 2 aromatic rings. The molecule has 0 aromatic heterocycles. The smallest absolute Gasteiger partial charge is 0.127 e. The van der Waals surface area contributed by atoms with Gasteiger partial charge in [0.25, 0.3) is 0 Å². The standard InChI is InChI=1S/C18H21ClFN/c1-3-13-7-5-8-14(11-13)18(21-4-2)12-15-16(19)9-6-10-17(15)20/h5-11,18,21H,3-4,12H2,1-2H3. The molecule has 0 bridgehead atoms. The highest BCUT2D eigenvalue weighted by Gasteiger charge is 2.16. The monoisotopic (exact) mass is 305 g/mol. The molecule has 1 nitrogen and oxygen atoms in total. The molecule has 0 saturated carbocycles. The van der Waals surface area contributed by atoms with Gasteiger partial charge in [-0.1, -0.05) is 55.8 Å². The summed E-state index contributed by atoms with van der Waals surface area (Å²) in [7, 11) is 0. The molecule has 21 heavy (non-hydrogen) atoms. The zero-order valence-electron chi connectivity index (χ0n) is 12.5. The maximum Gasteiger partial charge on any atom is 0.127 e. The maximum absolute atomic E-state index is 14.0. The SMILES string of the molecule is CCNC(Cc1c(F)cccc1Cl)c1cccc(CC)c1. The Morgan fingerprint density at radius 2 is 1.90 bits per heavy atom. The second-order valence-corrected chi connectivity index (χ2v) is 5.52. The minimum atomic E-state index is -0.239. The number of hydrogen-bond donors (Lipinski definition) is 1. The molecule has 1 unspecified atom stereocenters. The van der Waals surface area contributed by atoms with Crippen LogP contribution >= 0.6 is 11.6 Å². The number of nitrogens with one attached hydrogen (secondary N) is 1. The van der Waals surface area contributed by atoms with Crippen molar-refractivity contribution >= 4 is 11.6 Å². The summed E-state index contributed by atoms with van der Waals surface area (Å²) in [5, 5.41) is 3.92. The first-order valence-corrected chi connectivity index (χ1v) is 7.78. The highest BCUT2D eigenvalue weighted by Crippen LogP contribution is 2.26. The van der Waals surface area contributed by atoms with Crippen molar-refractivity contribution < 1.29 is 4.39 Å². The van der Waals surface area contributed by atoms with E-state index in [4.69, 9.17) is 11.6 Å². The number of rotatable bonds is 6. The molecule has 3 heteroatoms. The fraction of sp³-hybridized carbons (Fsp3) is 0.333. The van der Waals surface area contributed by atoms with E-state index >= 15 is 0 Å². The van der Waals surface area contributed by atoms with Crippen molar-refractivity contribution in [3.05, 3.63) is 70.0 Å². The second kappa shape index (κ2) is 7.58. The molecule has 112 valence electrons. The third-order valence-corrected chi connectivity index (χ3v) is 4.04. The molecular weight excluding hydrogens is 285 g/mol. The van der Waals surface area contributed by atoms with Crippen LogP contribution in [0.3, 0.4) is 0 Å². The van der Waals surface area contributed by atoms with E-state index in [9.17, 15) is 4.39 Å². The van der Waals surface area contributed by atoms with Crippen molar-refractivity contribution in [3.8, 4) is 0 Å². The van der Waals surface area contributed by atoms with Crippen molar-refractivity contribution in [2.45, 2.75) is 32.7 Å².